The van der Waals surface area contributed by atoms with Crippen molar-refractivity contribution >= 4 is 10.2 Å². The number of pyridine rings is 1. The molecule has 1 fully saturated rings. The molecule has 0 bridgehead atoms. The lowest BCUT2D eigenvalue weighted by atomic mass is 10.2. The third kappa shape index (κ3) is 3.74. The summed E-state index contributed by atoms with van der Waals surface area (Å²) in [6, 6.07) is 3.77. The van der Waals surface area contributed by atoms with Crippen LogP contribution in [0.25, 0.3) is 0 Å². The molecule has 1 aromatic rings. The van der Waals surface area contributed by atoms with Crippen molar-refractivity contribution in [3.63, 3.8) is 0 Å². The van der Waals surface area contributed by atoms with Crippen LogP contribution in [0.4, 0.5) is 0 Å². The van der Waals surface area contributed by atoms with Gasteiger partial charge in [0.25, 0.3) is 10.2 Å². The van der Waals surface area contributed by atoms with Gasteiger partial charge in [-0.3, -0.25) is 4.98 Å². The van der Waals surface area contributed by atoms with E-state index in [1.54, 1.807) is 12.4 Å². The van der Waals surface area contributed by atoms with Gasteiger partial charge in [0.05, 0.1) is 13.2 Å². The molecule has 1 saturated heterocycles. The molecular weight excluding hydrogens is 254 g/mol. The van der Waals surface area contributed by atoms with Crippen molar-refractivity contribution in [2.75, 3.05) is 32.8 Å². The van der Waals surface area contributed by atoms with Crippen LogP contribution in [0.2, 0.25) is 0 Å². The average Bonchev–Trinajstić information content (AvgIpc) is 2.41. The van der Waals surface area contributed by atoms with Gasteiger partial charge >= 0.3 is 0 Å². The van der Waals surface area contributed by atoms with Gasteiger partial charge in [0.1, 0.15) is 0 Å². The first-order valence-corrected chi connectivity index (χ1v) is 7.34. The van der Waals surface area contributed by atoms with E-state index < -0.39 is 10.2 Å². The van der Waals surface area contributed by atoms with Gasteiger partial charge in [-0.05, 0) is 18.1 Å². The van der Waals surface area contributed by atoms with E-state index in [-0.39, 0.29) is 0 Å². The fourth-order valence-electron chi connectivity index (χ4n) is 1.75. The first-order chi connectivity index (χ1) is 8.68. The molecule has 100 valence electrons. The third-order valence-corrected chi connectivity index (χ3v) is 4.34. The van der Waals surface area contributed by atoms with Gasteiger partial charge in [-0.2, -0.15) is 12.7 Å². The smallest absolute Gasteiger partial charge is 0.279 e. The number of nitrogens with one attached hydrogen (secondary N) is 1. The highest BCUT2D eigenvalue weighted by atomic mass is 32.2. The molecule has 1 N–H and O–H groups in total. The minimum atomic E-state index is -3.37. The maximum atomic E-state index is 11.9. The number of hydrogen-bond donors (Lipinski definition) is 1. The Morgan fingerprint density at radius 2 is 2.17 bits per heavy atom. The second kappa shape index (κ2) is 6.24. The number of hydrogen-bond acceptors (Lipinski definition) is 4. The fourth-order valence-corrected chi connectivity index (χ4v) is 2.92. The number of rotatable bonds is 5. The van der Waals surface area contributed by atoms with E-state index in [2.05, 4.69) is 9.71 Å². The Kier molecular flexibility index (Phi) is 4.65. The molecule has 1 aliphatic heterocycles. The predicted molar refractivity (Wildman–Crippen MR) is 67.3 cm³/mol. The Labute approximate surface area is 107 Å². The van der Waals surface area contributed by atoms with Gasteiger partial charge in [-0.25, -0.2) is 4.72 Å². The van der Waals surface area contributed by atoms with Crippen molar-refractivity contribution in [1.29, 1.82) is 0 Å². The molecule has 1 aromatic heterocycles. The fraction of sp³-hybridized carbons (Fsp3) is 0.545. The van der Waals surface area contributed by atoms with Crippen molar-refractivity contribution in [2.24, 2.45) is 0 Å². The van der Waals surface area contributed by atoms with Crippen molar-refractivity contribution in [3.05, 3.63) is 30.1 Å². The minimum absolute atomic E-state index is 0.380. The van der Waals surface area contributed by atoms with Gasteiger partial charge in [-0.15, -0.1) is 0 Å². The van der Waals surface area contributed by atoms with Crippen LogP contribution < -0.4 is 4.72 Å². The van der Waals surface area contributed by atoms with Crippen molar-refractivity contribution in [1.82, 2.24) is 14.0 Å². The average molecular weight is 271 g/mol. The highest BCUT2D eigenvalue weighted by Crippen LogP contribution is 2.03. The zero-order chi connectivity index (χ0) is 12.8. The Bertz CT molecular complexity index is 458. The van der Waals surface area contributed by atoms with Crippen LogP contribution in [0.15, 0.2) is 24.5 Å². The topological polar surface area (TPSA) is 71.5 Å². The Morgan fingerprint density at radius 3 is 2.83 bits per heavy atom. The summed E-state index contributed by atoms with van der Waals surface area (Å²) in [5, 5.41) is 0. The predicted octanol–water partition coefficient (Wildman–Crippen LogP) is -0.209. The molecule has 0 amide bonds. The summed E-state index contributed by atoms with van der Waals surface area (Å²) in [7, 11) is -3.37. The number of ether oxygens (including phenoxy) is 1. The molecule has 2 heterocycles. The summed E-state index contributed by atoms with van der Waals surface area (Å²) in [5.41, 5.74) is 1.02. The van der Waals surface area contributed by atoms with Crippen LogP contribution in [-0.4, -0.2) is 50.6 Å². The Balaban J connectivity index is 1.82. The molecule has 1 aliphatic rings. The van der Waals surface area contributed by atoms with Crippen molar-refractivity contribution < 1.29 is 13.2 Å². The minimum Gasteiger partial charge on any atom is -0.379 e. The molecule has 2 rings (SSSR count). The lowest BCUT2D eigenvalue weighted by Crippen LogP contribution is -2.47. The summed E-state index contributed by atoms with van der Waals surface area (Å²) in [4.78, 5) is 3.99. The van der Waals surface area contributed by atoms with Crippen molar-refractivity contribution in [3.8, 4) is 0 Å². The first kappa shape index (κ1) is 13.4. The molecule has 0 spiro atoms. The zero-order valence-electron chi connectivity index (χ0n) is 10.1. The molecule has 7 heteroatoms. The van der Waals surface area contributed by atoms with Crippen LogP contribution in [0, 0.1) is 0 Å². The van der Waals surface area contributed by atoms with E-state index in [0.29, 0.717) is 39.3 Å². The molecule has 0 unspecified atom stereocenters. The van der Waals surface area contributed by atoms with E-state index in [4.69, 9.17) is 4.74 Å². The summed E-state index contributed by atoms with van der Waals surface area (Å²) in [6.07, 6.45) is 4.07. The second-order valence-corrected chi connectivity index (χ2v) is 5.78. The summed E-state index contributed by atoms with van der Waals surface area (Å²) < 4.78 is 33.0. The summed E-state index contributed by atoms with van der Waals surface area (Å²) in [6.45, 7) is 2.14. The van der Waals surface area contributed by atoms with Gasteiger partial charge < -0.3 is 4.74 Å². The molecule has 0 saturated carbocycles. The second-order valence-electron chi connectivity index (χ2n) is 4.02. The Morgan fingerprint density at radius 1 is 1.39 bits per heavy atom. The van der Waals surface area contributed by atoms with E-state index in [1.165, 1.54) is 4.31 Å². The number of nitrogens with zero attached hydrogens (tertiary/aromatic N) is 2. The molecule has 0 radical (unpaired) electrons. The molecule has 0 aromatic carbocycles. The zero-order valence-corrected chi connectivity index (χ0v) is 10.9. The maximum Gasteiger partial charge on any atom is 0.279 e. The van der Waals surface area contributed by atoms with E-state index in [1.807, 2.05) is 12.1 Å². The monoisotopic (exact) mass is 271 g/mol. The van der Waals surface area contributed by atoms with Gasteiger partial charge in [0, 0.05) is 32.0 Å². The molecule has 18 heavy (non-hydrogen) atoms. The van der Waals surface area contributed by atoms with Crippen LogP contribution in [0.5, 0.6) is 0 Å². The normalized spacial score (nSPS) is 17.8. The van der Waals surface area contributed by atoms with Crippen LogP contribution in [0.3, 0.4) is 0 Å². The van der Waals surface area contributed by atoms with Gasteiger partial charge in [0.2, 0.25) is 0 Å². The summed E-state index contributed by atoms with van der Waals surface area (Å²) >= 11 is 0. The lowest BCUT2D eigenvalue weighted by molar-refractivity contribution is 0.0725. The van der Waals surface area contributed by atoms with E-state index in [0.717, 1.165) is 5.56 Å². The SMILES string of the molecule is O=S(=O)(NCCc1cccnc1)N1CCOCC1. The number of morpholine rings is 1. The van der Waals surface area contributed by atoms with Crippen LogP contribution in [-0.2, 0) is 21.4 Å². The van der Waals surface area contributed by atoms with Crippen LogP contribution in [0.1, 0.15) is 5.56 Å². The standard InChI is InChI=1S/C11H17N3O3S/c15-18(16,14-6-8-17-9-7-14)13-5-3-11-2-1-4-12-10-11/h1-2,4,10,13H,3,5-9H2. The largest absolute Gasteiger partial charge is 0.379 e. The lowest BCUT2D eigenvalue weighted by Gasteiger charge is -2.26. The quantitative estimate of drug-likeness (QED) is 0.804. The Hall–Kier alpha value is -1.02. The first-order valence-electron chi connectivity index (χ1n) is 5.90. The highest BCUT2D eigenvalue weighted by molar-refractivity contribution is 7.87. The number of aromatic nitrogens is 1. The van der Waals surface area contributed by atoms with Crippen molar-refractivity contribution in [2.45, 2.75) is 6.42 Å². The van der Waals surface area contributed by atoms with Gasteiger partial charge in [-0.1, -0.05) is 6.07 Å². The van der Waals surface area contributed by atoms with Crippen LogP contribution >= 0.6 is 0 Å². The maximum absolute atomic E-state index is 11.9. The third-order valence-electron chi connectivity index (χ3n) is 2.73. The highest BCUT2D eigenvalue weighted by Gasteiger charge is 2.23. The molecule has 0 atom stereocenters. The summed E-state index contributed by atoms with van der Waals surface area (Å²) in [5.74, 6) is 0. The van der Waals surface area contributed by atoms with E-state index >= 15 is 0 Å². The molecule has 6 nitrogen and oxygen atoms in total. The molecule has 0 aliphatic carbocycles. The molecular formula is C11H17N3O3S. The van der Waals surface area contributed by atoms with E-state index in [9.17, 15) is 8.42 Å². The van der Waals surface area contributed by atoms with Gasteiger partial charge in [0.15, 0.2) is 0 Å².